The minimum absolute atomic E-state index is 0.127. The van der Waals surface area contributed by atoms with Crippen LogP contribution in [0.5, 0.6) is 5.75 Å². The largest absolute Gasteiger partial charge is 0.497 e. The fourth-order valence-electron chi connectivity index (χ4n) is 4.13. The first-order valence-corrected chi connectivity index (χ1v) is 11.8. The van der Waals surface area contributed by atoms with Crippen LogP contribution in [-0.4, -0.2) is 31.8 Å². The number of anilines is 1. The number of nitrogens with one attached hydrogen (secondary N) is 1. The van der Waals surface area contributed by atoms with Gasteiger partial charge in [-0.15, -0.1) is 0 Å². The maximum Gasteiger partial charge on any atom is 0.244 e. The summed E-state index contributed by atoms with van der Waals surface area (Å²) < 4.78 is 33.6. The first-order valence-electron chi connectivity index (χ1n) is 10.4. The second kappa shape index (κ2) is 8.76. The molecule has 1 atom stereocenters. The number of hydrogen-bond donors (Lipinski definition) is 1. The fourth-order valence-corrected chi connectivity index (χ4v) is 5.70. The van der Waals surface area contributed by atoms with E-state index in [0.29, 0.717) is 17.9 Å². The molecule has 3 aromatic carbocycles. The van der Waals surface area contributed by atoms with Gasteiger partial charge in [-0.1, -0.05) is 30.3 Å². The molecule has 1 aliphatic heterocycles. The Morgan fingerprint density at radius 3 is 2.22 bits per heavy atom. The van der Waals surface area contributed by atoms with Gasteiger partial charge in [0.15, 0.2) is 0 Å². The molecule has 166 valence electrons. The van der Waals surface area contributed by atoms with Crippen LogP contribution in [0.1, 0.15) is 22.3 Å². The summed E-state index contributed by atoms with van der Waals surface area (Å²) in [4.78, 5) is 13.5. The standard InChI is InChI=1S/C25H26N2O4S/c1-17-12-18(2)14-21(13-17)26-25(28)24-15-19-6-4-5-7-20(19)16-27(24)32(29,30)23-10-8-22(31-3)9-11-23/h4-14,24H,15-16H2,1-3H3,(H,26,28). The smallest absolute Gasteiger partial charge is 0.244 e. The van der Waals surface area contributed by atoms with E-state index in [4.69, 9.17) is 4.74 Å². The third kappa shape index (κ3) is 4.40. The van der Waals surface area contributed by atoms with Crippen LogP contribution in [0.2, 0.25) is 0 Å². The lowest BCUT2D eigenvalue weighted by Gasteiger charge is -2.35. The molecule has 0 saturated carbocycles. The summed E-state index contributed by atoms with van der Waals surface area (Å²) in [6.45, 7) is 4.05. The number of methoxy groups -OCH3 is 1. The summed E-state index contributed by atoms with van der Waals surface area (Å²) in [5.74, 6) is 0.221. The minimum Gasteiger partial charge on any atom is -0.497 e. The van der Waals surface area contributed by atoms with Crippen molar-refractivity contribution >= 4 is 21.6 Å². The molecule has 0 spiro atoms. The van der Waals surface area contributed by atoms with Gasteiger partial charge in [-0.05, 0) is 78.9 Å². The highest BCUT2D eigenvalue weighted by molar-refractivity contribution is 7.89. The number of aryl methyl sites for hydroxylation is 2. The van der Waals surface area contributed by atoms with E-state index < -0.39 is 16.1 Å². The normalized spacial score (nSPS) is 16.3. The van der Waals surface area contributed by atoms with E-state index in [1.165, 1.54) is 23.5 Å². The third-order valence-electron chi connectivity index (χ3n) is 5.66. The summed E-state index contributed by atoms with van der Waals surface area (Å²) in [7, 11) is -2.39. The molecule has 6 nitrogen and oxygen atoms in total. The van der Waals surface area contributed by atoms with Crippen molar-refractivity contribution in [1.29, 1.82) is 0 Å². The van der Waals surface area contributed by atoms with Crippen molar-refractivity contribution in [3.05, 3.63) is 89.0 Å². The van der Waals surface area contributed by atoms with E-state index in [1.54, 1.807) is 12.1 Å². The van der Waals surface area contributed by atoms with Gasteiger partial charge < -0.3 is 10.1 Å². The van der Waals surface area contributed by atoms with Crippen LogP contribution in [0.3, 0.4) is 0 Å². The zero-order valence-corrected chi connectivity index (χ0v) is 19.1. The number of fused-ring (bicyclic) bond motifs is 1. The highest BCUT2D eigenvalue weighted by Gasteiger charge is 2.39. The second-order valence-electron chi connectivity index (χ2n) is 8.08. The average Bonchev–Trinajstić information content (AvgIpc) is 2.77. The topological polar surface area (TPSA) is 75.7 Å². The van der Waals surface area contributed by atoms with Gasteiger partial charge in [0.05, 0.1) is 12.0 Å². The Bertz CT molecular complexity index is 1230. The highest BCUT2D eigenvalue weighted by atomic mass is 32.2. The Morgan fingerprint density at radius 1 is 0.969 bits per heavy atom. The number of ether oxygens (including phenoxy) is 1. The molecule has 1 amide bonds. The van der Waals surface area contributed by atoms with Gasteiger partial charge in [-0.25, -0.2) is 8.42 Å². The maximum atomic E-state index is 13.6. The number of benzene rings is 3. The van der Waals surface area contributed by atoms with Crippen molar-refractivity contribution in [3.63, 3.8) is 0 Å². The van der Waals surface area contributed by atoms with Crippen molar-refractivity contribution in [3.8, 4) is 5.75 Å². The van der Waals surface area contributed by atoms with Crippen LogP contribution in [0.4, 0.5) is 5.69 Å². The van der Waals surface area contributed by atoms with Crippen LogP contribution in [0, 0.1) is 13.8 Å². The SMILES string of the molecule is COc1ccc(S(=O)(=O)N2Cc3ccccc3CC2C(=O)Nc2cc(C)cc(C)c2)cc1. The first kappa shape index (κ1) is 22.0. The van der Waals surface area contributed by atoms with E-state index in [2.05, 4.69) is 5.32 Å². The molecular weight excluding hydrogens is 424 g/mol. The molecule has 32 heavy (non-hydrogen) atoms. The summed E-state index contributed by atoms with van der Waals surface area (Å²) in [5.41, 5.74) is 4.59. The van der Waals surface area contributed by atoms with E-state index in [-0.39, 0.29) is 17.3 Å². The van der Waals surface area contributed by atoms with Gasteiger partial charge in [-0.3, -0.25) is 4.79 Å². The minimum atomic E-state index is -3.92. The van der Waals surface area contributed by atoms with Crippen LogP contribution >= 0.6 is 0 Å². The predicted molar refractivity (Wildman–Crippen MR) is 124 cm³/mol. The molecule has 7 heteroatoms. The van der Waals surface area contributed by atoms with Crippen LogP contribution in [0.25, 0.3) is 0 Å². The number of hydrogen-bond acceptors (Lipinski definition) is 4. The molecule has 0 aliphatic carbocycles. The number of sulfonamides is 1. The van der Waals surface area contributed by atoms with Crippen molar-refractivity contribution in [2.45, 2.75) is 37.8 Å². The van der Waals surface area contributed by atoms with Gasteiger partial charge in [-0.2, -0.15) is 4.31 Å². The van der Waals surface area contributed by atoms with E-state index in [1.807, 2.05) is 56.3 Å². The highest BCUT2D eigenvalue weighted by Crippen LogP contribution is 2.30. The zero-order valence-electron chi connectivity index (χ0n) is 18.3. The third-order valence-corrected chi connectivity index (χ3v) is 7.53. The predicted octanol–water partition coefficient (Wildman–Crippen LogP) is 4.07. The van der Waals surface area contributed by atoms with E-state index in [9.17, 15) is 13.2 Å². The lowest BCUT2D eigenvalue weighted by Crippen LogP contribution is -2.50. The lowest BCUT2D eigenvalue weighted by atomic mass is 9.95. The molecule has 0 saturated heterocycles. The zero-order chi connectivity index (χ0) is 22.9. The quantitative estimate of drug-likeness (QED) is 0.636. The molecule has 3 aromatic rings. The maximum absolute atomic E-state index is 13.6. The molecule has 1 heterocycles. The number of amides is 1. The molecule has 1 N–H and O–H groups in total. The molecule has 0 fully saturated rings. The van der Waals surface area contributed by atoms with E-state index >= 15 is 0 Å². The molecule has 0 radical (unpaired) electrons. The molecule has 0 bridgehead atoms. The van der Waals surface area contributed by atoms with Gasteiger partial charge in [0.1, 0.15) is 11.8 Å². The van der Waals surface area contributed by atoms with Crippen LogP contribution in [0.15, 0.2) is 71.6 Å². The molecule has 1 unspecified atom stereocenters. The van der Waals surface area contributed by atoms with Gasteiger partial charge in [0.2, 0.25) is 15.9 Å². The Balaban J connectivity index is 1.71. The number of nitrogens with zero attached hydrogens (tertiary/aromatic N) is 1. The van der Waals surface area contributed by atoms with Crippen LogP contribution < -0.4 is 10.1 Å². The van der Waals surface area contributed by atoms with Gasteiger partial charge in [0, 0.05) is 12.2 Å². The average molecular weight is 451 g/mol. The first-order chi connectivity index (χ1) is 15.3. The molecule has 0 aromatic heterocycles. The van der Waals surface area contributed by atoms with Crippen molar-refractivity contribution in [1.82, 2.24) is 4.31 Å². The van der Waals surface area contributed by atoms with Gasteiger partial charge >= 0.3 is 0 Å². The van der Waals surface area contributed by atoms with Crippen LogP contribution in [-0.2, 0) is 27.8 Å². The molecule has 1 aliphatic rings. The summed E-state index contributed by atoms with van der Waals surface area (Å²) in [6.07, 6.45) is 0.308. The Hall–Kier alpha value is -3.16. The number of rotatable bonds is 5. The fraction of sp³-hybridized carbons (Fsp3) is 0.240. The lowest BCUT2D eigenvalue weighted by molar-refractivity contribution is -0.120. The second-order valence-corrected chi connectivity index (χ2v) is 9.97. The van der Waals surface area contributed by atoms with Crippen molar-refractivity contribution < 1.29 is 17.9 Å². The summed E-state index contributed by atoms with van der Waals surface area (Å²) in [5, 5.41) is 2.93. The Kier molecular flexibility index (Phi) is 6.04. The number of carbonyl (C=O) groups excluding carboxylic acids is 1. The molecule has 4 rings (SSSR count). The van der Waals surface area contributed by atoms with Crippen molar-refractivity contribution in [2.75, 3.05) is 12.4 Å². The Morgan fingerprint density at radius 2 is 1.59 bits per heavy atom. The summed E-state index contributed by atoms with van der Waals surface area (Å²) in [6, 6.07) is 18.8. The van der Waals surface area contributed by atoms with Crippen molar-refractivity contribution in [2.24, 2.45) is 0 Å². The molecular formula is C25H26N2O4S. The monoisotopic (exact) mass is 450 g/mol. The van der Waals surface area contributed by atoms with Gasteiger partial charge in [0.25, 0.3) is 0 Å². The summed E-state index contributed by atoms with van der Waals surface area (Å²) >= 11 is 0. The Labute approximate surface area is 188 Å². The number of carbonyl (C=O) groups is 1. The van der Waals surface area contributed by atoms with E-state index in [0.717, 1.165) is 22.3 Å².